The molecular weight excluding hydrogens is 424 g/mol. The van der Waals surface area contributed by atoms with Crippen molar-refractivity contribution in [3.05, 3.63) is 77.3 Å². The SMILES string of the molecule is Cc1ccccc1-c1ccc(Nc2nc(C3=CCOCC3)nc(C=O)c2CN(C)C(C)C)cc1. The molecule has 0 bridgehead atoms. The summed E-state index contributed by atoms with van der Waals surface area (Å²) in [4.78, 5) is 23.7. The van der Waals surface area contributed by atoms with Gasteiger partial charge in [0, 0.05) is 23.8 Å². The maximum Gasteiger partial charge on any atom is 0.168 e. The van der Waals surface area contributed by atoms with Crippen LogP contribution in [0.4, 0.5) is 11.5 Å². The number of anilines is 2. The van der Waals surface area contributed by atoms with Gasteiger partial charge in [-0.05, 0) is 68.6 Å². The summed E-state index contributed by atoms with van der Waals surface area (Å²) in [5.74, 6) is 1.25. The first kappa shape index (κ1) is 23.8. The fourth-order valence-electron chi connectivity index (χ4n) is 3.93. The highest BCUT2D eigenvalue weighted by Crippen LogP contribution is 2.29. The molecule has 1 aromatic heterocycles. The van der Waals surface area contributed by atoms with Crippen molar-refractivity contribution in [1.29, 1.82) is 0 Å². The molecule has 1 aliphatic heterocycles. The van der Waals surface area contributed by atoms with E-state index in [-0.39, 0.29) is 0 Å². The van der Waals surface area contributed by atoms with Crippen molar-refractivity contribution in [2.75, 3.05) is 25.6 Å². The molecular formula is C28H32N4O2. The van der Waals surface area contributed by atoms with E-state index in [0.29, 0.717) is 43.1 Å². The van der Waals surface area contributed by atoms with E-state index in [0.717, 1.165) is 35.1 Å². The summed E-state index contributed by atoms with van der Waals surface area (Å²) in [7, 11) is 2.04. The lowest BCUT2D eigenvalue weighted by molar-refractivity contribution is 0.111. The van der Waals surface area contributed by atoms with Crippen molar-refractivity contribution < 1.29 is 9.53 Å². The maximum absolute atomic E-state index is 12.1. The van der Waals surface area contributed by atoms with Crippen LogP contribution in [0.25, 0.3) is 16.7 Å². The van der Waals surface area contributed by atoms with E-state index >= 15 is 0 Å². The Morgan fingerprint density at radius 3 is 2.53 bits per heavy atom. The lowest BCUT2D eigenvalue weighted by atomic mass is 10.0. The summed E-state index contributed by atoms with van der Waals surface area (Å²) in [5, 5.41) is 3.47. The van der Waals surface area contributed by atoms with Gasteiger partial charge in [0.15, 0.2) is 12.1 Å². The molecule has 0 unspecified atom stereocenters. The smallest absolute Gasteiger partial charge is 0.168 e. The molecule has 2 heterocycles. The van der Waals surface area contributed by atoms with Crippen LogP contribution in [0.5, 0.6) is 0 Å². The molecule has 6 heteroatoms. The fourth-order valence-corrected chi connectivity index (χ4v) is 3.93. The first-order chi connectivity index (χ1) is 16.5. The van der Waals surface area contributed by atoms with Gasteiger partial charge in [0.2, 0.25) is 0 Å². The van der Waals surface area contributed by atoms with Crippen LogP contribution in [0.15, 0.2) is 54.6 Å². The van der Waals surface area contributed by atoms with Gasteiger partial charge >= 0.3 is 0 Å². The molecule has 6 nitrogen and oxygen atoms in total. The number of nitrogens with zero attached hydrogens (tertiary/aromatic N) is 3. The van der Waals surface area contributed by atoms with Crippen molar-refractivity contribution in [2.24, 2.45) is 0 Å². The highest BCUT2D eigenvalue weighted by Gasteiger charge is 2.20. The number of nitrogens with one attached hydrogen (secondary N) is 1. The average molecular weight is 457 g/mol. The number of benzene rings is 2. The second-order valence-electron chi connectivity index (χ2n) is 8.96. The molecule has 0 radical (unpaired) electrons. The summed E-state index contributed by atoms with van der Waals surface area (Å²) < 4.78 is 5.44. The molecule has 0 spiro atoms. The normalized spacial score (nSPS) is 13.8. The number of hydrogen-bond acceptors (Lipinski definition) is 6. The van der Waals surface area contributed by atoms with Crippen LogP contribution in [-0.2, 0) is 11.3 Å². The lowest BCUT2D eigenvalue weighted by Gasteiger charge is -2.24. The molecule has 0 atom stereocenters. The molecule has 34 heavy (non-hydrogen) atoms. The van der Waals surface area contributed by atoms with Gasteiger partial charge in [-0.3, -0.25) is 9.69 Å². The van der Waals surface area contributed by atoms with Crippen molar-refractivity contribution in [1.82, 2.24) is 14.9 Å². The van der Waals surface area contributed by atoms with E-state index in [1.807, 2.05) is 25.3 Å². The highest BCUT2D eigenvalue weighted by atomic mass is 16.5. The molecule has 0 amide bonds. The number of carbonyl (C=O) groups excluding carboxylic acids is 1. The Hall–Kier alpha value is -3.35. The molecule has 3 aromatic rings. The zero-order valence-corrected chi connectivity index (χ0v) is 20.3. The van der Waals surface area contributed by atoms with Crippen LogP contribution in [0, 0.1) is 6.92 Å². The number of aldehydes is 1. The van der Waals surface area contributed by atoms with Crippen LogP contribution in [0.1, 0.15) is 47.7 Å². The Balaban J connectivity index is 1.71. The van der Waals surface area contributed by atoms with E-state index in [2.05, 4.69) is 72.4 Å². The number of carbonyl (C=O) groups is 1. The number of aryl methyl sites for hydroxylation is 1. The molecule has 0 aliphatic carbocycles. The average Bonchev–Trinajstić information content (AvgIpc) is 2.86. The van der Waals surface area contributed by atoms with Crippen LogP contribution >= 0.6 is 0 Å². The molecule has 176 valence electrons. The Morgan fingerprint density at radius 2 is 1.88 bits per heavy atom. The third kappa shape index (κ3) is 5.41. The Kier molecular flexibility index (Phi) is 7.50. The minimum absolute atomic E-state index is 0.318. The number of hydrogen-bond donors (Lipinski definition) is 1. The van der Waals surface area contributed by atoms with Gasteiger partial charge in [0.05, 0.1) is 13.2 Å². The molecule has 0 saturated carbocycles. The monoisotopic (exact) mass is 456 g/mol. The third-order valence-electron chi connectivity index (χ3n) is 6.29. The second kappa shape index (κ2) is 10.7. The number of ether oxygens (including phenoxy) is 1. The van der Waals surface area contributed by atoms with E-state index in [4.69, 9.17) is 9.72 Å². The Bertz CT molecular complexity index is 1190. The van der Waals surface area contributed by atoms with Crippen molar-refractivity contribution in [3.8, 4) is 11.1 Å². The van der Waals surface area contributed by atoms with Gasteiger partial charge < -0.3 is 10.1 Å². The standard InChI is InChI=1S/C28H32N4O2/c1-19(2)32(4)17-25-26(18-33)30-27(22-13-15-34-16-14-22)31-28(25)29-23-11-9-21(10-12-23)24-8-6-5-7-20(24)3/h5-13,18-19H,14-17H2,1-4H3,(H,29,30,31). The lowest BCUT2D eigenvalue weighted by Crippen LogP contribution is -2.27. The van der Waals surface area contributed by atoms with Crippen LogP contribution in [0.3, 0.4) is 0 Å². The minimum atomic E-state index is 0.318. The van der Waals surface area contributed by atoms with E-state index in [9.17, 15) is 4.79 Å². The molecule has 0 saturated heterocycles. The fraction of sp³-hybridized carbons (Fsp3) is 0.321. The van der Waals surface area contributed by atoms with Gasteiger partial charge in [0.25, 0.3) is 0 Å². The van der Waals surface area contributed by atoms with Crippen LogP contribution in [-0.4, -0.2) is 47.5 Å². The van der Waals surface area contributed by atoms with Gasteiger partial charge in [0.1, 0.15) is 11.5 Å². The first-order valence-corrected chi connectivity index (χ1v) is 11.7. The number of aromatic nitrogens is 2. The highest BCUT2D eigenvalue weighted by molar-refractivity contribution is 5.80. The largest absolute Gasteiger partial charge is 0.377 e. The zero-order chi connectivity index (χ0) is 24.1. The second-order valence-corrected chi connectivity index (χ2v) is 8.96. The van der Waals surface area contributed by atoms with E-state index < -0.39 is 0 Å². The minimum Gasteiger partial charge on any atom is -0.377 e. The summed E-state index contributed by atoms with van der Waals surface area (Å²) in [6.45, 7) is 8.11. The van der Waals surface area contributed by atoms with Gasteiger partial charge in [-0.2, -0.15) is 0 Å². The van der Waals surface area contributed by atoms with E-state index in [1.54, 1.807) is 0 Å². The molecule has 4 rings (SSSR count). The molecule has 0 fully saturated rings. The molecule has 1 N–H and O–H groups in total. The van der Waals surface area contributed by atoms with Gasteiger partial charge in [-0.1, -0.05) is 42.5 Å². The van der Waals surface area contributed by atoms with Crippen LogP contribution < -0.4 is 5.32 Å². The Morgan fingerprint density at radius 1 is 1.12 bits per heavy atom. The Labute approximate surface area is 201 Å². The third-order valence-corrected chi connectivity index (χ3v) is 6.29. The maximum atomic E-state index is 12.1. The summed E-state index contributed by atoms with van der Waals surface area (Å²) >= 11 is 0. The summed E-state index contributed by atoms with van der Waals surface area (Å²) in [5.41, 5.74) is 6.75. The quantitative estimate of drug-likeness (QED) is 0.442. The topological polar surface area (TPSA) is 67.4 Å². The summed E-state index contributed by atoms with van der Waals surface area (Å²) in [6, 6.07) is 17.0. The van der Waals surface area contributed by atoms with Crippen molar-refractivity contribution in [3.63, 3.8) is 0 Å². The van der Waals surface area contributed by atoms with Gasteiger partial charge in [-0.15, -0.1) is 0 Å². The van der Waals surface area contributed by atoms with Crippen LogP contribution in [0.2, 0.25) is 0 Å². The van der Waals surface area contributed by atoms with Crippen molar-refractivity contribution in [2.45, 2.75) is 39.8 Å². The molecule has 1 aliphatic rings. The predicted octanol–water partition coefficient (Wildman–Crippen LogP) is 5.65. The number of rotatable bonds is 8. The van der Waals surface area contributed by atoms with Gasteiger partial charge in [-0.25, -0.2) is 9.97 Å². The summed E-state index contributed by atoms with van der Waals surface area (Å²) in [6.07, 6.45) is 3.56. The van der Waals surface area contributed by atoms with Crippen molar-refractivity contribution >= 4 is 23.4 Å². The first-order valence-electron chi connectivity index (χ1n) is 11.7. The van der Waals surface area contributed by atoms with E-state index in [1.165, 1.54) is 11.1 Å². The predicted molar refractivity (Wildman–Crippen MR) is 137 cm³/mol. The zero-order valence-electron chi connectivity index (χ0n) is 20.3. The molecule has 2 aromatic carbocycles.